The summed E-state index contributed by atoms with van der Waals surface area (Å²) in [6, 6.07) is 29.5. The van der Waals surface area contributed by atoms with Crippen molar-refractivity contribution >= 4 is 0 Å². The van der Waals surface area contributed by atoms with Crippen LogP contribution in [0.4, 0.5) is 4.39 Å². The Morgan fingerprint density at radius 1 is 0.656 bits per heavy atom. The van der Waals surface area contributed by atoms with E-state index in [1.807, 2.05) is 91.0 Å². The van der Waals surface area contributed by atoms with Crippen LogP contribution in [-0.4, -0.2) is 37.7 Å². The smallest absolute Gasteiger partial charge is 0.152 e. The molecule has 168 valence electrons. The van der Waals surface area contributed by atoms with Gasteiger partial charge in [-0.15, -0.1) is 0 Å². The molecule has 0 spiro atoms. The Morgan fingerprint density at radius 3 is 1.66 bits per heavy atom. The summed E-state index contributed by atoms with van der Waals surface area (Å²) in [5, 5.41) is 0. The first kappa shape index (κ1) is 22.6. The van der Waals surface area contributed by atoms with E-state index in [4.69, 9.17) is 18.9 Å². The van der Waals surface area contributed by atoms with Crippen LogP contribution in [0.1, 0.15) is 16.7 Å². The van der Waals surface area contributed by atoms with Gasteiger partial charge in [0.25, 0.3) is 0 Å². The highest BCUT2D eigenvalue weighted by atomic mass is 19.1. The largest absolute Gasteiger partial charge is 0.374 e. The minimum Gasteiger partial charge on any atom is -0.374 e. The summed E-state index contributed by atoms with van der Waals surface area (Å²) in [6.07, 6.45) is -3.02. The Hall–Kier alpha value is -2.57. The molecule has 0 radical (unpaired) electrons. The van der Waals surface area contributed by atoms with E-state index in [1.165, 1.54) is 0 Å². The van der Waals surface area contributed by atoms with Crippen LogP contribution >= 0.6 is 0 Å². The fraction of sp³-hybridized carbons (Fsp3) is 0.333. The molecule has 1 aliphatic rings. The van der Waals surface area contributed by atoms with Crippen molar-refractivity contribution in [1.82, 2.24) is 0 Å². The molecule has 4 rings (SSSR count). The molecule has 1 aliphatic heterocycles. The normalized spacial score (nSPS) is 23.2. The highest BCUT2D eigenvalue weighted by Gasteiger charge is 2.42. The summed E-state index contributed by atoms with van der Waals surface area (Å²) in [6.45, 7) is 1.38. The highest BCUT2D eigenvalue weighted by Crippen LogP contribution is 2.26. The van der Waals surface area contributed by atoms with Crippen LogP contribution in [0.15, 0.2) is 91.0 Å². The van der Waals surface area contributed by atoms with Gasteiger partial charge in [0.05, 0.1) is 33.0 Å². The van der Waals surface area contributed by atoms with Crippen molar-refractivity contribution in [2.75, 3.05) is 13.2 Å². The van der Waals surface area contributed by atoms with Gasteiger partial charge in [-0.1, -0.05) is 91.0 Å². The lowest BCUT2D eigenvalue weighted by Gasteiger charge is -2.39. The van der Waals surface area contributed by atoms with Crippen molar-refractivity contribution in [3.63, 3.8) is 0 Å². The Morgan fingerprint density at radius 2 is 1.12 bits per heavy atom. The minimum atomic E-state index is -1.27. The van der Waals surface area contributed by atoms with Crippen LogP contribution in [0.25, 0.3) is 0 Å². The maximum atomic E-state index is 14.9. The summed E-state index contributed by atoms with van der Waals surface area (Å²) in [5.74, 6) is 0. The van der Waals surface area contributed by atoms with Crippen LogP contribution in [0, 0.1) is 0 Å². The van der Waals surface area contributed by atoms with Gasteiger partial charge in [-0.05, 0) is 16.7 Å². The van der Waals surface area contributed by atoms with Gasteiger partial charge in [0.2, 0.25) is 0 Å². The number of hydrogen-bond acceptors (Lipinski definition) is 4. The van der Waals surface area contributed by atoms with Gasteiger partial charge in [-0.2, -0.15) is 0 Å². The number of halogens is 1. The molecule has 5 heteroatoms. The van der Waals surface area contributed by atoms with Crippen molar-refractivity contribution < 1.29 is 23.3 Å². The van der Waals surface area contributed by atoms with E-state index < -0.39 is 24.5 Å². The van der Waals surface area contributed by atoms with Crippen molar-refractivity contribution in [2.45, 2.75) is 44.3 Å². The Balaban J connectivity index is 1.42. The molecule has 0 unspecified atom stereocenters. The second-order valence-corrected chi connectivity index (χ2v) is 7.91. The maximum absolute atomic E-state index is 14.9. The lowest BCUT2D eigenvalue weighted by molar-refractivity contribution is -0.221. The molecule has 1 saturated heterocycles. The second-order valence-electron chi connectivity index (χ2n) is 7.91. The van der Waals surface area contributed by atoms with E-state index in [1.54, 1.807) is 0 Å². The first-order chi connectivity index (χ1) is 15.8. The Labute approximate surface area is 188 Å². The average Bonchev–Trinajstić information content (AvgIpc) is 2.85. The van der Waals surface area contributed by atoms with Gasteiger partial charge in [0, 0.05) is 0 Å². The number of alkyl halides is 1. The molecule has 1 heterocycles. The van der Waals surface area contributed by atoms with Gasteiger partial charge in [-0.3, -0.25) is 0 Å². The monoisotopic (exact) mass is 436 g/mol. The molecule has 0 N–H and O–H groups in total. The van der Waals surface area contributed by atoms with Crippen molar-refractivity contribution in [3.05, 3.63) is 108 Å². The topological polar surface area (TPSA) is 36.9 Å². The molecular formula is C27H29FO4. The molecule has 0 amide bonds. The highest BCUT2D eigenvalue weighted by molar-refractivity contribution is 5.15. The Bertz CT molecular complexity index is 907. The first-order valence-corrected chi connectivity index (χ1v) is 11.0. The van der Waals surface area contributed by atoms with Gasteiger partial charge < -0.3 is 18.9 Å². The van der Waals surface area contributed by atoms with Gasteiger partial charge in [0.15, 0.2) is 6.17 Å². The van der Waals surface area contributed by atoms with Crippen molar-refractivity contribution in [1.29, 1.82) is 0 Å². The molecule has 4 atom stereocenters. The predicted molar refractivity (Wildman–Crippen MR) is 121 cm³/mol. The van der Waals surface area contributed by atoms with Gasteiger partial charge in [-0.25, -0.2) is 4.39 Å². The molecule has 4 nitrogen and oxygen atoms in total. The van der Waals surface area contributed by atoms with E-state index in [0.29, 0.717) is 26.4 Å². The van der Waals surface area contributed by atoms with Gasteiger partial charge in [0.1, 0.15) is 18.3 Å². The summed E-state index contributed by atoms with van der Waals surface area (Å²) in [4.78, 5) is 0. The number of rotatable bonds is 10. The van der Waals surface area contributed by atoms with Crippen LogP contribution in [0.2, 0.25) is 0 Å². The third-order valence-electron chi connectivity index (χ3n) is 5.48. The van der Waals surface area contributed by atoms with Crippen molar-refractivity contribution in [3.8, 4) is 0 Å². The summed E-state index contributed by atoms with van der Waals surface area (Å²) >= 11 is 0. The van der Waals surface area contributed by atoms with Crippen LogP contribution < -0.4 is 0 Å². The van der Waals surface area contributed by atoms with Crippen LogP contribution in [0.5, 0.6) is 0 Å². The molecular weight excluding hydrogens is 407 g/mol. The van der Waals surface area contributed by atoms with E-state index in [2.05, 4.69) is 0 Å². The SMILES string of the molecule is F[C@@H]1CO[C@H](COCc2ccccc2)[C@@H](OCc2ccccc2)[C@@H]1OCc1ccccc1. The number of hydrogen-bond donors (Lipinski definition) is 0. The first-order valence-electron chi connectivity index (χ1n) is 11.0. The molecule has 3 aromatic carbocycles. The third kappa shape index (κ3) is 6.47. The van der Waals surface area contributed by atoms with E-state index >= 15 is 0 Å². The van der Waals surface area contributed by atoms with E-state index in [9.17, 15) is 4.39 Å². The standard InChI is InChI=1S/C27H29FO4/c28-24-19-30-25(20-29-16-21-10-4-1-5-11-21)27(32-18-23-14-8-3-9-15-23)26(24)31-17-22-12-6-2-7-13-22/h1-15,24-27H,16-20H2/t24-,25-,26-,27-/m1/s1. The molecule has 0 aliphatic carbocycles. The van der Waals surface area contributed by atoms with Gasteiger partial charge >= 0.3 is 0 Å². The van der Waals surface area contributed by atoms with Crippen molar-refractivity contribution in [2.24, 2.45) is 0 Å². The minimum absolute atomic E-state index is 0.0377. The fourth-order valence-corrected chi connectivity index (χ4v) is 3.77. The lowest BCUT2D eigenvalue weighted by atomic mass is 10.0. The fourth-order valence-electron chi connectivity index (χ4n) is 3.77. The second kappa shape index (κ2) is 11.9. The zero-order chi connectivity index (χ0) is 22.0. The average molecular weight is 437 g/mol. The summed E-state index contributed by atoms with van der Waals surface area (Å²) in [7, 11) is 0. The molecule has 32 heavy (non-hydrogen) atoms. The summed E-state index contributed by atoms with van der Waals surface area (Å²) in [5.41, 5.74) is 3.08. The Kier molecular flexibility index (Phi) is 8.40. The molecule has 0 bridgehead atoms. The zero-order valence-corrected chi connectivity index (χ0v) is 18.0. The zero-order valence-electron chi connectivity index (χ0n) is 18.0. The molecule has 0 saturated carbocycles. The molecule has 0 aromatic heterocycles. The molecule has 1 fully saturated rings. The number of benzene rings is 3. The number of ether oxygens (including phenoxy) is 4. The maximum Gasteiger partial charge on any atom is 0.152 e. The van der Waals surface area contributed by atoms with Crippen LogP contribution in [0.3, 0.4) is 0 Å². The summed E-state index contributed by atoms with van der Waals surface area (Å²) < 4.78 is 38.9. The molecule has 3 aromatic rings. The van der Waals surface area contributed by atoms with E-state index in [0.717, 1.165) is 16.7 Å². The van der Waals surface area contributed by atoms with Crippen LogP contribution in [-0.2, 0) is 38.8 Å². The third-order valence-corrected chi connectivity index (χ3v) is 5.48. The predicted octanol–water partition coefficient (Wildman–Crippen LogP) is 5.11. The lowest BCUT2D eigenvalue weighted by Crippen LogP contribution is -2.55. The quantitative estimate of drug-likeness (QED) is 0.443. The van der Waals surface area contributed by atoms with E-state index in [-0.39, 0.29) is 6.61 Å².